The lowest BCUT2D eigenvalue weighted by molar-refractivity contribution is -0.140. The Hall–Kier alpha value is -1.92. The summed E-state index contributed by atoms with van der Waals surface area (Å²) < 4.78 is 5.58. The zero-order chi connectivity index (χ0) is 17.4. The minimum Gasteiger partial charge on any atom is -0.394 e. The van der Waals surface area contributed by atoms with E-state index < -0.39 is 17.9 Å². The molecule has 1 saturated carbocycles. The Labute approximate surface area is 142 Å². The summed E-state index contributed by atoms with van der Waals surface area (Å²) in [5.41, 5.74) is 2.02. The topological polar surface area (TPSA) is 87.7 Å². The summed E-state index contributed by atoms with van der Waals surface area (Å²) in [4.78, 5) is 23.9. The number of ether oxygens (including phenoxy) is 1. The summed E-state index contributed by atoms with van der Waals surface area (Å²) in [5, 5.41) is 14.3. The van der Waals surface area contributed by atoms with Gasteiger partial charge < -0.3 is 20.5 Å². The second-order valence-electron chi connectivity index (χ2n) is 6.16. The van der Waals surface area contributed by atoms with Gasteiger partial charge in [0, 0.05) is 12.6 Å². The summed E-state index contributed by atoms with van der Waals surface area (Å²) in [7, 11) is 0. The molecule has 2 amide bonds. The number of carbonyl (C=O) groups excluding carboxylic acids is 2. The minimum absolute atomic E-state index is 0.0987. The highest BCUT2D eigenvalue weighted by molar-refractivity contribution is 6.35. The van der Waals surface area contributed by atoms with Gasteiger partial charge in [0.05, 0.1) is 19.3 Å². The van der Waals surface area contributed by atoms with Gasteiger partial charge in [0.15, 0.2) is 0 Å². The van der Waals surface area contributed by atoms with E-state index in [-0.39, 0.29) is 25.8 Å². The molecule has 1 aliphatic rings. The molecule has 0 aliphatic heterocycles. The number of aliphatic hydroxyl groups is 1. The van der Waals surface area contributed by atoms with E-state index in [2.05, 4.69) is 10.6 Å². The molecule has 6 heteroatoms. The van der Waals surface area contributed by atoms with Crippen LogP contribution >= 0.6 is 0 Å². The van der Waals surface area contributed by atoms with Gasteiger partial charge in [-0.05, 0) is 25.3 Å². The summed E-state index contributed by atoms with van der Waals surface area (Å²) in [5.74, 6) is -1.24. The van der Waals surface area contributed by atoms with Gasteiger partial charge in [0.2, 0.25) is 0 Å². The van der Waals surface area contributed by atoms with Crippen LogP contribution in [0.25, 0.3) is 0 Å². The lowest BCUT2D eigenvalue weighted by Crippen LogP contribution is -2.44. The van der Waals surface area contributed by atoms with E-state index in [4.69, 9.17) is 9.84 Å². The third kappa shape index (κ3) is 5.62. The summed E-state index contributed by atoms with van der Waals surface area (Å²) in [6.45, 7) is 2.24. The maximum absolute atomic E-state index is 12.0. The van der Waals surface area contributed by atoms with Gasteiger partial charge in [-0.1, -0.05) is 42.7 Å². The zero-order valence-corrected chi connectivity index (χ0v) is 14.1. The number of carbonyl (C=O) groups is 2. The van der Waals surface area contributed by atoms with Crippen LogP contribution in [-0.2, 0) is 14.3 Å². The standard InChI is InChI=1S/C18H26N2O4/c1-13-6-8-14(9-7-13)16(24-11-10-21)12-19-17(22)18(23)20-15-4-2-3-5-15/h6-9,15-16,21H,2-5,10-12H2,1H3,(H,19,22)(H,20,23). The Morgan fingerprint density at radius 3 is 2.50 bits per heavy atom. The largest absolute Gasteiger partial charge is 0.394 e. The summed E-state index contributed by atoms with van der Waals surface area (Å²) in [6.07, 6.45) is 3.66. The van der Waals surface area contributed by atoms with Crippen LogP contribution in [0, 0.1) is 6.92 Å². The first kappa shape index (κ1) is 18.4. The van der Waals surface area contributed by atoms with E-state index in [9.17, 15) is 9.59 Å². The maximum Gasteiger partial charge on any atom is 0.309 e. The minimum atomic E-state index is -0.647. The molecule has 0 saturated heterocycles. The van der Waals surface area contributed by atoms with Crippen molar-refractivity contribution in [1.82, 2.24) is 10.6 Å². The Kier molecular flexibility index (Phi) is 7.21. The number of amides is 2. The molecule has 0 aromatic heterocycles. The highest BCUT2D eigenvalue weighted by Crippen LogP contribution is 2.18. The molecule has 0 heterocycles. The number of hydrogen-bond acceptors (Lipinski definition) is 4. The fourth-order valence-corrected chi connectivity index (χ4v) is 2.84. The fourth-order valence-electron chi connectivity index (χ4n) is 2.84. The molecule has 1 unspecified atom stereocenters. The molecular weight excluding hydrogens is 308 g/mol. The molecule has 2 rings (SSSR count). The van der Waals surface area contributed by atoms with Gasteiger partial charge >= 0.3 is 11.8 Å². The van der Waals surface area contributed by atoms with Crippen LogP contribution < -0.4 is 10.6 Å². The Morgan fingerprint density at radius 2 is 1.88 bits per heavy atom. The van der Waals surface area contributed by atoms with Crippen molar-refractivity contribution >= 4 is 11.8 Å². The zero-order valence-electron chi connectivity index (χ0n) is 14.1. The van der Waals surface area contributed by atoms with Crippen molar-refractivity contribution in [3.63, 3.8) is 0 Å². The molecule has 3 N–H and O–H groups in total. The van der Waals surface area contributed by atoms with Gasteiger partial charge in [-0.2, -0.15) is 0 Å². The molecule has 1 fully saturated rings. The van der Waals surface area contributed by atoms with Crippen LogP contribution in [0.5, 0.6) is 0 Å². The van der Waals surface area contributed by atoms with Crippen LogP contribution in [0.1, 0.15) is 42.9 Å². The normalized spacial score (nSPS) is 15.9. The van der Waals surface area contributed by atoms with Gasteiger partial charge in [-0.15, -0.1) is 0 Å². The smallest absolute Gasteiger partial charge is 0.309 e. The lowest BCUT2D eigenvalue weighted by atomic mass is 10.1. The van der Waals surface area contributed by atoms with Crippen molar-refractivity contribution in [2.24, 2.45) is 0 Å². The predicted octanol–water partition coefficient (Wildman–Crippen LogP) is 1.22. The Balaban J connectivity index is 1.87. The van der Waals surface area contributed by atoms with Crippen molar-refractivity contribution in [1.29, 1.82) is 0 Å². The van der Waals surface area contributed by atoms with E-state index in [0.29, 0.717) is 0 Å². The van der Waals surface area contributed by atoms with Crippen molar-refractivity contribution in [3.8, 4) is 0 Å². The maximum atomic E-state index is 12.0. The molecule has 1 aromatic rings. The number of nitrogens with one attached hydrogen (secondary N) is 2. The van der Waals surface area contributed by atoms with E-state index in [1.165, 1.54) is 0 Å². The second kappa shape index (κ2) is 9.39. The molecule has 0 bridgehead atoms. The van der Waals surface area contributed by atoms with Crippen molar-refractivity contribution in [2.75, 3.05) is 19.8 Å². The molecular formula is C18H26N2O4. The first-order valence-electron chi connectivity index (χ1n) is 8.48. The summed E-state index contributed by atoms with van der Waals surface area (Å²) in [6, 6.07) is 7.87. The van der Waals surface area contributed by atoms with E-state index in [1.807, 2.05) is 31.2 Å². The van der Waals surface area contributed by atoms with Gasteiger partial charge in [-0.25, -0.2) is 0 Å². The average Bonchev–Trinajstić information content (AvgIpc) is 3.08. The first-order chi connectivity index (χ1) is 11.6. The van der Waals surface area contributed by atoms with Crippen LogP contribution in [0.2, 0.25) is 0 Å². The van der Waals surface area contributed by atoms with Crippen LogP contribution in [0.15, 0.2) is 24.3 Å². The lowest BCUT2D eigenvalue weighted by Gasteiger charge is -2.19. The van der Waals surface area contributed by atoms with Gasteiger partial charge in [0.1, 0.15) is 0 Å². The summed E-state index contributed by atoms with van der Waals surface area (Å²) >= 11 is 0. The molecule has 6 nitrogen and oxygen atoms in total. The monoisotopic (exact) mass is 334 g/mol. The molecule has 132 valence electrons. The quantitative estimate of drug-likeness (QED) is 0.654. The number of aryl methyl sites for hydroxylation is 1. The molecule has 1 aromatic carbocycles. The molecule has 24 heavy (non-hydrogen) atoms. The number of aliphatic hydroxyl groups excluding tert-OH is 1. The van der Waals surface area contributed by atoms with Crippen molar-refractivity contribution < 1.29 is 19.4 Å². The van der Waals surface area contributed by atoms with Crippen LogP contribution in [0.4, 0.5) is 0 Å². The molecule has 1 atom stereocenters. The third-order valence-corrected chi connectivity index (χ3v) is 4.20. The SMILES string of the molecule is Cc1ccc(C(CNC(=O)C(=O)NC2CCCC2)OCCO)cc1. The van der Waals surface area contributed by atoms with Crippen LogP contribution in [-0.4, -0.2) is 42.7 Å². The number of rotatable bonds is 7. The average molecular weight is 334 g/mol. The molecule has 1 aliphatic carbocycles. The van der Waals surface area contributed by atoms with Crippen molar-refractivity contribution in [3.05, 3.63) is 35.4 Å². The molecule has 0 spiro atoms. The highest BCUT2D eigenvalue weighted by Gasteiger charge is 2.22. The number of benzene rings is 1. The van der Waals surface area contributed by atoms with E-state index in [0.717, 1.165) is 36.8 Å². The Bertz CT molecular complexity index is 538. The van der Waals surface area contributed by atoms with Gasteiger partial charge in [0.25, 0.3) is 0 Å². The number of hydrogen-bond donors (Lipinski definition) is 3. The van der Waals surface area contributed by atoms with E-state index >= 15 is 0 Å². The van der Waals surface area contributed by atoms with Crippen LogP contribution in [0.3, 0.4) is 0 Å². The van der Waals surface area contributed by atoms with E-state index in [1.54, 1.807) is 0 Å². The van der Waals surface area contributed by atoms with Crippen molar-refractivity contribution in [2.45, 2.75) is 44.8 Å². The first-order valence-corrected chi connectivity index (χ1v) is 8.48. The second-order valence-corrected chi connectivity index (χ2v) is 6.16. The third-order valence-electron chi connectivity index (χ3n) is 4.20. The molecule has 0 radical (unpaired) electrons. The van der Waals surface area contributed by atoms with Gasteiger partial charge in [-0.3, -0.25) is 9.59 Å². The Morgan fingerprint density at radius 1 is 1.21 bits per heavy atom. The fraction of sp³-hybridized carbons (Fsp3) is 0.556. The highest BCUT2D eigenvalue weighted by atomic mass is 16.5. The predicted molar refractivity (Wildman–Crippen MR) is 90.4 cm³/mol.